The van der Waals surface area contributed by atoms with E-state index < -0.39 is 6.92 Å². The molecule has 0 aliphatic carbocycles. The lowest BCUT2D eigenvalue weighted by molar-refractivity contribution is 0.112. The molecule has 96 valence electrons. The molecule has 0 atom stereocenters. The van der Waals surface area contributed by atoms with Crippen LogP contribution in [0, 0.1) is 0 Å². The van der Waals surface area contributed by atoms with Crippen molar-refractivity contribution in [2.24, 2.45) is 0 Å². The van der Waals surface area contributed by atoms with Crippen molar-refractivity contribution in [3.8, 4) is 0 Å². The molecule has 0 fully saturated rings. The Kier molecular flexibility index (Phi) is 4.37. The standard InChI is InChI=1S/C15H16BNO2/c1-16(19)14-8-4-2-6-12(14)10-17-15-9-5-3-7-13(15)11-18/h2-9,11,17,19H,10H2,1H3. The number of aldehydes is 1. The second kappa shape index (κ2) is 6.20. The van der Waals surface area contributed by atoms with Gasteiger partial charge in [-0.2, -0.15) is 0 Å². The van der Waals surface area contributed by atoms with Crippen LogP contribution in [-0.2, 0) is 6.54 Å². The van der Waals surface area contributed by atoms with Gasteiger partial charge < -0.3 is 10.3 Å². The number of rotatable bonds is 5. The Balaban J connectivity index is 2.17. The van der Waals surface area contributed by atoms with Gasteiger partial charge in [0.05, 0.1) is 0 Å². The van der Waals surface area contributed by atoms with Gasteiger partial charge >= 0.3 is 6.92 Å². The molecule has 0 saturated carbocycles. The third-order valence-corrected chi connectivity index (χ3v) is 3.06. The highest BCUT2D eigenvalue weighted by Crippen LogP contribution is 2.13. The van der Waals surface area contributed by atoms with Crippen LogP contribution in [0.4, 0.5) is 5.69 Å². The van der Waals surface area contributed by atoms with Crippen molar-refractivity contribution >= 4 is 24.4 Å². The summed E-state index contributed by atoms with van der Waals surface area (Å²) in [6, 6.07) is 15.1. The quantitative estimate of drug-likeness (QED) is 0.632. The third kappa shape index (κ3) is 3.23. The van der Waals surface area contributed by atoms with Crippen molar-refractivity contribution in [3.63, 3.8) is 0 Å². The zero-order chi connectivity index (χ0) is 13.7. The average molecular weight is 253 g/mol. The largest absolute Gasteiger partial charge is 0.446 e. The minimum absolute atomic E-state index is 0.501. The lowest BCUT2D eigenvalue weighted by Gasteiger charge is -2.12. The average Bonchev–Trinajstić information content (AvgIpc) is 2.45. The number of nitrogens with one attached hydrogen (secondary N) is 1. The van der Waals surface area contributed by atoms with Crippen molar-refractivity contribution < 1.29 is 9.82 Å². The summed E-state index contributed by atoms with van der Waals surface area (Å²) >= 11 is 0. The van der Waals surface area contributed by atoms with Gasteiger partial charge in [-0.3, -0.25) is 4.79 Å². The highest BCUT2D eigenvalue weighted by molar-refractivity contribution is 6.65. The van der Waals surface area contributed by atoms with Crippen LogP contribution in [0.15, 0.2) is 48.5 Å². The third-order valence-electron chi connectivity index (χ3n) is 3.06. The molecule has 19 heavy (non-hydrogen) atoms. The van der Waals surface area contributed by atoms with Crippen molar-refractivity contribution in [3.05, 3.63) is 59.7 Å². The molecule has 0 radical (unpaired) electrons. The molecule has 0 amide bonds. The zero-order valence-corrected chi connectivity index (χ0v) is 10.8. The van der Waals surface area contributed by atoms with E-state index in [0.29, 0.717) is 12.1 Å². The van der Waals surface area contributed by atoms with Crippen molar-refractivity contribution in [2.75, 3.05) is 5.32 Å². The Labute approximate surface area is 113 Å². The molecule has 0 aromatic heterocycles. The van der Waals surface area contributed by atoms with Gasteiger partial charge in [-0.25, -0.2) is 0 Å². The molecule has 2 aromatic carbocycles. The molecule has 0 saturated heterocycles. The number of carbonyl (C=O) groups excluding carboxylic acids is 1. The smallest absolute Gasteiger partial charge is 0.320 e. The molecule has 0 heterocycles. The lowest BCUT2D eigenvalue weighted by atomic mass is 9.62. The topological polar surface area (TPSA) is 49.3 Å². The molecular formula is C15H16BNO2. The highest BCUT2D eigenvalue weighted by atomic mass is 16.2. The van der Waals surface area contributed by atoms with Crippen LogP contribution in [0.2, 0.25) is 6.82 Å². The number of benzene rings is 2. The van der Waals surface area contributed by atoms with Crippen molar-refractivity contribution in [1.29, 1.82) is 0 Å². The molecule has 0 bridgehead atoms. The maximum Gasteiger partial charge on any atom is 0.320 e. The van der Waals surface area contributed by atoms with Gasteiger partial charge in [0.1, 0.15) is 0 Å². The summed E-state index contributed by atoms with van der Waals surface area (Å²) in [6.07, 6.45) is 0.836. The first-order chi connectivity index (χ1) is 9.22. The molecule has 3 nitrogen and oxygen atoms in total. The van der Waals surface area contributed by atoms with Gasteiger partial charge in [-0.1, -0.05) is 43.2 Å². The number of carbonyl (C=O) groups is 1. The Morgan fingerprint density at radius 1 is 1.16 bits per heavy atom. The van der Waals surface area contributed by atoms with E-state index in [0.717, 1.165) is 23.0 Å². The molecule has 4 heteroatoms. The SMILES string of the molecule is CB(O)c1ccccc1CNc1ccccc1C=O. The van der Waals surface area contributed by atoms with E-state index >= 15 is 0 Å². The summed E-state index contributed by atoms with van der Waals surface area (Å²) < 4.78 is 0. The maximum atomic E-state index is 10.9. The van der Waals surface area contributed by atoms with Gasteiger partial charge in [-0.05, 0) is 23.2 Å². The zero-order valence-electron chi connectivity index (χ0n) is 10.8. The van der Waals surface area contributed by atoms with E-state index in [2.05, 4.69) is 5.32 Å². The molecule has 0 aliphatic heterocycles. The Morgan fingerprint density at radius 2 is 1.84 bits per heavy atom. The first kappa shape index (κ1) is 13.4. The van der Waals surface area contributed by atoms with E-state index in [1.807, 2.05) is 42.5 Å². The fourth-order valence-corrected chi connectivity index (χ4v) is 2.05. The Bertz CT molecular complexity index is 570. The molecule has 2 rings (SSSR count). The van der Waals surface area contributed by atoms with Crippen LogP contribution >= 0.6 is 0 Å². The van der Waals surface area contributed by atoms with Gasteiger partial charge in [0, 0.05) is 17.8 Å². The number of anilines is 1. The minimum Gasteiger partial charge on any atom is -0.446 e. The lowest BCUT2D eigenvalue weighted by Crippen LogP contribution is -2.30. The first-order valence-electron chi connectivity index (χ1n) is 6.26. The molecular weight excluding hydrogens is 237 g/mol. The van der Waals surface area contributed by atoms with Gasteiger partial charge in [0.25, 0.3) is 0 Å². The summed E-state index contributed by atoms with van der Waals surface area (Å²) in [4.78, 5) is 10.9. The first-order valence-corrected chi connectivity index (χ1v) is 6.26. The Morgan fingerprint density at radius 3 is 2.58 bits per heavy atom. The van der Waals surface area contributed by atoms with E-state index in [1.54, 1.807) is 12.9 Å². The van der Waals surface area contributed by atoms with Crippen LogP contribution in [0.1, 0.15) is 15.9 Å². The molecule has 2 N–H and O–H groups in total. The molecule has 0 unspecified atom stereocenters. The van der Waals surface area contributed by atoms with Crippen molar-refractivity contribution in [2.45, 2.75) is 13.4 Å². The van der Waals surface area contributed by atoms with Gasteiger partial charge in [0.15, 0.2) is 6.29 Å². The van der Waals surface area contributed by atoms with E-state index in [1.165, 1.54) is 0 Å². The highest BCUT2D eigenvalue weighted by Gasteiger charge is 2.11. The van der Waals surface area contributed by atoms with E-state index in [9.17, 15) is 9.82 Å². The summed E-state index contributed by atoms with van der Waals surface area (Å²) in [5.74, 6) is 0. The van der Waals surface area contributed by atoms with Crippen LogP contribution < -0.4 is 10.8 Å². The predicted molar refractivity (Wildman–Crippen MR) is 79.1 cm³/mol. The number of hydrogen-bond donors (Lipinski definition) is 2. The van der Waals surface area contributed by atoms with Gasteiger partial charge in [0.2, 0.25) is 0 Å². The second-order valence-electron chi connectivity index (χ2n) is 4.43. The summed E-state index contributed by atoms with van der Waals surface area (Å²) in [6.45, 7) is 1.82. The van der Waals surface area contributed by atoms with Crippen LogP contribution in [0.25, 0.3) is 0 Å². The van der Waals surface area contributed by atoms with Crippen LogP contribution in [0.3, 0.4) is 0 Å². The van der Waals surface area contributed by atoms with Gasteiger partial charge in [-0.15, -0.1) is 0 Å². The molecule has 0 spiro atoms. The maximum absolute atomic E-state index is 10.9. The van der Waals surface area contributed by atoms with E-state index in [4.69, 9.17) is 0 Å². The normalized spacial score (nSPS) is 10.0. The monoisotopic (exact) mass is 253 g/mol. The summed E-state index contributed by atoms with van der Waals surface area (Å²) in [7, 11) is 0. The fourth-order valence-electron chi connectivity index (χ4n) is 2.05. The van der Waals surface area contributed by atoms with Crippen LogP contribution in [0.5, 0.6) is 0 Å². The summed E-state index contributed by atoms with van der Waals surface area (Å²) in [5.41, 5.74) is 3.37. The second-order valence-corrected chi connectivity index (χ2v) is 4.43. The number of hydrogen-bond acceptors (Lipinski definition) is 3. The van der Waals surface area contributed by atoms with Crippen molar-refractivity contribution in [1.82, 2.24) is 0 Å². The fraction of sp³-hybridized carbons (Fsp3) is 0.133. The number of para-hydroxylation sites is 1. The Hall–Kier alpha value is -2.07. The van der Waals surface area contributed by atoms with Crippen LogP contribution in [-0.4, -0.2) is 18.2 Å². The molecule has 2 aromatic rings. The summed E-state index contributed by atoms with van der Waals surface area (Å²) in [5, 5.41) is 13.0. The molecule has 0 aliphatic rings. The minimum atomic E-state index is -0.501. The predicted octanol–water partition coefficient (Wildman–Crippen LogP) is 1.93. The van der Waals surface area contributed by atoms with E-state index in [-0.39, 0.29) is 0 Å².